The Morgan fingerprint density at radius 1 is 1.41 bits per heavy atom. The summed E-state index contributed by atoms with van der Waals surface area (Å²) in [6, 6.07) is 4.12. The van der Waals surface area contributed by atoms with Crippen LogP contribution in [0.15, 0.2) is 24.5 Å². The highest BCUT2D eigenvalue weighted by Gasteiger charge is 2.22. The minimum absolute atomic E-state index is 0.321. The summed E-state index contributed by atoms with van der Waals surface area (Å²) >= 11 is 0. The molecule has 0 aliphatic carbocycles. The number of amides is 1. The number of alkyl carbamates (subject to hydrolysis) is 1. The number of nitrogens with zero attached hydrogens (tertiary/aromatic N) is 2. The summed E-state index contributed by atoms with van der Waals surface area (Å²) in [5, 5.41) is 2.90. The third kappa shape index (κ3) is 6.02. The SMILES string of the molecule is CC(C)(C)OC(=O)NC[C@H]1CCCN(Cc2ccncc2)C1. The Morgan fingerprint density at radius 3 is 2.82 bits per heavy atom. The molecular weight excluding hydrogens is 278 g/mol. The van der Waals surface area contributed by atoms with E-state index >= 15 is 0 Å². The summed E-state index contributed by atoms with van der Waals surface area (Å²) in [5.41, 5.74) is 0.847. The molecule has 1 aliphatic heterocycles. The lowest BCUT2D eigenvalue weighted by Crippen LogP contribution is -2.41. The van der Waals surface area contributed by atoms with Gasteiger partial charge >= 0.3 is 6.09 Å². The second-order valence-corrected chi connectivity index (χ2v) is 6.98. The molecular formula is C17H27N3O2. The Labute approximate surface area is 133 Å². The van der Waals surface area contributed by atoms with Crippen LogP contribution in [-0.4, -0.2) is 41.2 Å². The molecule has 1 aromatic heterocycles. The van der Waals surface area contributed by atoms with E-state index in [1.807, 2.05) is 33.2 Å². The number of ether oxygens (including phenoxy) is 1. The lowest BCUT2D eigenvalue weighted by Gasteiger charge is -2.33. The topological polar surface area (TPSA) is 54.5 Å². The van der Waals surface area contributed by atoms with Gasteiger partial charge in [-0.25, -0.2) is 4.79 Å². The van der Waals surface area contributed by atoms with Gasteiger partial charge in [0.15, 0.2) is 0 Å². The van der Waals surface area contributed by atoms with Crippen LogP contribution in [0.1, 0.15) is 39.2 Å². The van der Waals surface area contributed by atoms with Crippen molar-refractivity contribution in [3.8, 4) is 0 Å². The maximum atomic E-state index is 11.7. The Bertz CT molecular complexity index is 471. The van der Waals surface area contributed by atoms with Crippen molar-refractivity contribution in [3.05, 3.63) is 30.1 Å². The molecule has 22 heavy (non-hydrogen) atoms. The van der Waals surface area contributed by atoms with Gasteiger partial charge in [0.05, 0.1) is 0 Å². The first-order chi connectivity index (χ1) is 10.4. The van der Waals surface area contributed by atoms with Crippen LogP contribution in [0, 0.1) is 5.92 Å². The zero-order chi connectivity index (χ0) is 16.0. The summed E-state index contributed by atoms with van der Waals surface area (Å²) in [6.07, 6.45) is 5.68. The number of hydrogen-bond acceptors (Lipinski definition) is 4. The molecule has 1 atom stereocenters. The van der Waals surface area contributed by atoms with E-state index in [2.05, 4.69) is 27.3 Å². The van der Waals surface area contributed by atoms with Gasteiger partial charge in [0, 0.05) is 32.0 Å². The Kier molecular flexibility index (Phi) is 5.77. The predicted octanol–water partition coefficient (Wildman–Crippen LogP) is 2.82. The maximum Gasteiger partial charge on any atom is 0.407 e. The average molecular weight is 305 g/mol. The molecule has 1 amide bonds. The molecule has 0 aromatic carbocycles. The van der Waals surface area contributed by atoms with Crippen molar-refractivity contribution in [1.29, 1.82) is 0 Å². The van der Waals surface area contributed by atoms with Crippen LogP contribution in [0.2, 0.25) is 0 Å². The zero-order valence-corrected chi connectivity index (χ0v) is 13.8. The number of likely N-dealkylation sites (tertiary alicyclic amines) is 1. The lowest BCUT2D eigenvalue weighted by molar-refractivity contribution is 0.0506. The van der Waals surface area contributed by atoms with E-state index in [0.717, 1.165) is 26.1 Å². The van der Waals surface area contributed by atoms with E-state index in [4.69, 9.17) is 4.74 Å². The molecule has 2 heterocycles. The third-order valence-corrected chi connectivity index (χ3v) is 3.69. The highest BCUT2D eigenvalue weighted by Crippen LogP contribution is 2.18. The molecule has 0 spiro atoms. The number of hydrogen-bond donors (Lipinski definition) is 1. The summed E-state index contributed by atoms with van der Waals surface area (Å²) in [4.78, 5) is 18.2. The monoisotopic (exact) mass is 305 g/mol. The van der Waals surface area contributed by atoms with Crippen molar-refractivity contribution in [2.45, 2.75) is 45.8 Å². The fourth-order valence-electron chi connectivity index (χ4n) is 2.75. The van der Waals surface area contributed by atoms with E-state index in [-0.39, 0.29) is 6.09 Å². The number of nitrogens with one attached hydrogen (secondary N) is 1. The number of piperidine rings is 1. The fourth-order valence-corrected chi connectivity index (χ4v) is 2.75. The van der Waals surface area contributed by atoms with Crippen LogP contribution in [-0.2, 0) is 11.3 Å². The Hall–Kier alpha value is -1.62. The van der Waals surface area contributed by atoms with Gasteiger partial charge in [-0.2, -0.15) is 0 Å². The summed E-state index contributed by atoms with van der Waals surface area (Å²) < 4.78 is 5.28. The molecule has 2 rings (SSSR count). The molecule has 122 valence electrons. The first kappa shape index (κ1) is 16.7. The van der Waals surface area contributed by atoms with Crippen LogP contribution < -0.4 is 5.32 Å². The average Bonchev–Trinajstić information content (AvgIpc) is 2.45. The standard InChI is InChI=1S/C17H27N3O2/c1-17(2,3)22-16(21)19-11-15-5-4-10-20(13-15)12-14-6-8-18-9-7-14/h6-9,15H,4-5,10-13H2,1-3H3,(H,19,21)/t15-/m1/s1. The molecule has 5 heteroatoms. The minimum Gasteiger partial charge on any atom is -0.444 e. The van der Waals surface area contributed by atoms with E-state index in [0.29, 0.717) is 12.5 Å². The number of carbonyl (C=O) groups excluding carboxylic acids is 1. The first-order valence-electron chi connectivity index (χ1n) is 8.00. The van der Waals surface area contributed by atoms with E-state index in [1.54, 1.807) is 0 Å². The fraction of sp³-hybridized carbons (Fsp3) is 0.647. The van der Waals surface area contributed by atoms with Gasteiger partial charge in [-0.05, 0) is 63.8 Å². The Morgan fingerprint density at radius 2 is 2.14 bits per heavy atom. The molecule has 1 aliphatic rings. The van der Waals surface area contributed by atoms with Gasteiger partial charge < -0.3 is 10.1 Å². The predicted molar refractivity (Wildman–Crippen MR) is 86.5 cm³/mol. The van der Waals surface area contributed by atoms with Crippen molar-refractivity contribution >= 4 is 6.09 Å². The van der Waals surface area contributed by atoms with E-state index in [1.165, 1.54) is 12.0 Å². The molecule has 5 nitrogen and oxygen atoms in total. The van der Waals surface area contributed by atoms with Crippen molar-refractivity contribution in [2.24, 2.45) is 5.92 Å². The molecule has 0 radical (unpaired) electrons. The zero-order valence-electron chi connectivity index (χ0n) is 13.8. The van der Waals surface area contributed by atoms with Crippen LogP contribution in [0.25, 0.3) is 0 Å². The van der Waals surface area contributed by atoms with Crippen LogP contribution in [0.4, 0.5) is 4.79 Å². The smallest absolute Gasteiger partial charge is 0.407 e. The van der Waals surface area contributed by atoms with Crippen LogP contribution >= 0.6 is 0 Å². The Balaban J connectivity index is 1.75. The third-order valence-electron chi connectivity index (χ3n) is 3.69. The number of aromatic nitrogens is 1. The molecule has 1 N–H and O–H groups in total. The van der Waals surface area contributed by atoms with Crippen molar-refractivity contribution in [1.82, 2.24) is 15.2 Å². The second kappa shape index (κ2) is 7.58. The minimum atomic E-state index is -0.440. The molecule has 0 unspecified atom stereocenters. The quantitative estimate of drug-likeness (QED) is 0.929. The van der Waals surface area contributed by atoms with Crippen LogP contribution in [0.5, 0.6) is 0 Å². The number of pyridine rings is 1. The van der Waals surface area contributed by atoms with Crippen molar-refractivity contribution < 1.29 is 9.53 Å². The van der Waals surface area contributed by atoms with Gasteiger partial charge in [-0.1, -0.05) is 0 Å². The molecule has 0 bridgehead atoms. The highest BCUT2D eigenvalue weighted by molar-refractivity contribution is 5.67. The summed E-state index contributed by atoms with van der Waals surface area (Å²) in [6.45, 7) is 9.40. The largest absolute Gasteiger partial charge is 0.444 e. The first-order valence-corrected chi connectivity index (χ1v) is 8.00. The number of carbonyl (C=O) groups is 1. The van der Waals surface area contributed by atoms with E-state index in [9.17, 15) is 4.79 Å². The summed E-state index contributed by atoms with van der Waals surface area (Å²) in [7, 11) is 0. The van der Waals surface area contributed by atoms with Gasteiger partial charge in [-0.3, -0.25) is 9.88 Å². The normalized spacial score (nSPS) is 19.7. The molecule has 1 fully saturated rings. The maximum absolute atomic E-state index is 11.7. The molecule has 0 saturated carbocycles. The van der Waals surface area contributed by atoms with Gasteiger partial charge in [0.25, 0.3) is 0 Å². The lowest BCUT2D eigenvalue weighted by atomic mass is 9.97. The molecule has 1 saturated heterocycles. The second-order valence-electron chi connectivity index (χ2n) is 6.98. The highest BCUT2D eigenvalue weighted by atomic mass is 16.6. The molecule has 1 aromatic rings. The van der Waals surface area contributed by atoms with Gasteiger partial charge in [0.2, 0.25) is 0 Å². The number of rotatable bonds is 4. The van der Waals surface area contributed by atoms with E-state index < -0.39 is 5.60 Å². The van der Waals surface area contributed by atoms with Gasteiger partial charge in [0.1, 0.15) is 5.60 Å². The summed E-state index contributed by atoms with van der Waals surface area (Å²) in [5.74, 6) is 0.489. The van der Waals surface area contributed by atoms with Crippen LogP contribution in [0.3, 0.4) is 0 Å². The van der Waals surface area contributed by atoms with Crippen molar-refractivity contribution in [2.75, 3.05) is 19.6 Å². The van der Waals surface area contributed by atoms with Crippen molar-refractivity contribution in [3.63, 3.8) is 0 Å². The van der Waals surface area contributed by atoms with Gasteiger partial charge in [-0.15, -0.1) is 0 Å².